The molecule has 6 heteroatoms. The van der Waals surface area contributed by atoms with Crippen LogP contribution in [-0.2, 0) is 0 Å². The van der Waals surface area contributed by atoms with Gasteiger partial charge in [0.25, 0.3) is 0 Å². The third-order valence-electron chi connectivity index (χ3n) is 2.21. The van der Waals surface area contributed by atoms with Crippen molar-refractivity contribution >= 4 is 17.3 Å². The van der Waals surface area contributed by atoms with E-state index in [0.717, 1.165) is 0 Å². The van der Waals surface area contributed by atoms with Crippen molar-refractivity contribution in [3.05, 3.63) is 47.5 Å². The molecule has 1 aromatic heterocycles. The number of benzene rings is 1. The minimum absolute atomic E-state index is 0.191. The van der Waals surface area contributed by atoms with E-state index in [9.17, 15) is 8.78 Å². The fourth-order valence-electron chi connectivity index (χ4n) is 1.37. The van der Waals surface area contributed by atoms with Gasteiger partial charge < -0.3 is 11.1 Å². The van der Waals surface area contributed by atoms with Crippen LogP contribution in [0, 0.1) is 23.0 Å². The van der Waals surface area contributed by atoms with E-state index in [4.69, 9.17) is 11.0 Å². The number of nitrogens with zero attached hydrogens (tertiary/aromatic N) is 2. The number of nitrogens with one attached hydrogen (secondary N) is 1. The van der Waals surface area contributed by atoms with Crippen molar-refractivity contribution in [2.24, 2.45) is 0 Å². The predicted molar refractivity (Wildman–Crippen MR) is 63.0 cm³/mol. The van der Waals surface area contributed by atoms with Gasteiger partial charge >= 0.3 is 0 Å². The molecule has 4 nitrogen and oxygen atoms in total. The molecule has 0 bridgehead atoms. The standard InChI is InChI=1S/C12H8F2N4/c13-9-5-10(14)12(18-11(9)16)17-8-3-1-2-7(4-8)6-15/h1-5H,(H3,16,17,18). The van der Waals surface area contributed by atoms with Gasteiger partial charge in [-0.25, -0.2) is 13.8 Å². The number of hydrogen-bond donors (Lipinski definition) is 2. The molecule has 18 heavy (non-hydrogen) atoms. The average molecular weight is 246 g/mol. The number of aromatic nitrogens is 1. The summed E-state index contributed by atoms with van der Waals surface area (Å²) in [7, 11) is 0. The number of anilines is 3. The summed E-state index contributed by atoms with van der Waals surface area (Å²) in [6.07, 6.45) is 0. The second kappa shape index (κ2) is 4.67. The Kier molecular flexibility index (Phi) is 3.06. The first-order valence-corrected chi connectivity index (χ1v) is 4.99. The molecule has 0 amide bonds. The maximum Gasteiger partial charge on any atom is 0.169 e. The fourth-order valence-corrected chi connectivity index (χ4v) is 1.37. The maximum absolute atomic E-state index is 13.4. The summed E-state index contributed by atoms with van der Waals surface area (Å²) < 4.78 is 26.3. The van der Waals surface area contributed by atoms with E-state index in [1.54, 1.807) is 18.2 Å². The number of rotatable bonds is 2. The number of halogens is 2. The number of hydrogen-bond acceptors (Lipinski definition) is 4. The summed E-state index contributed by atoms with van der Waals surface area (Å²) >= 11 is 0. The second-order valence-electron chi connectivity index (χ2n) is 3.50. The predicted octanol–water partition coefficient (Wildman–Crippen LogP) is 2.56. The maximum atomic E-state index is 13.4. The number of pyridine rings is 1. The molecule has 1 aromatic carbocycles. The quantitative estimate of drug-likeness (QED) is 0.853. The summed E-state index contributed by atoms with van der Waals surface area (Å²) in [5.74, 6) is -2.35. The Hall–Kier alpha value is -2.68. The van der Waals surface area contributed by atoms with Crippen LogP contribution < -0.4 is 11.1 Å². The van der Waals surface area contributed by atoms with Crippen LogP contribution in [0.2, 0.25) is 0 Å². The molecule has 90 valence electrons. The van der Waals surface area contributed by atoms with Crippen LogP contribution in [0.5, 0.6) is 0 Å². The molecule has 0 fully saturated rings. The Labute approximate surface area is 102 Å². The first-order valence-electron chi connectivity index (χ1n) is 4.99. The third kappa shape index (κ3) is 2.35. The molecule has 0 aliphatic heterocycles. The molecule has 0 aliphatic carbocycles. The van der Waals surface area contributed by atoms with Crippen molar-refractivity contribution in [1.82, 2.24) is 4.98 Å². The van der Waals surface area contributed by atoms with Gasteiger partial charge in [0.05, 0.1) is 11.6 Å². The van der Waals surface area contributed by atoms with Gasteiger partial charge in [-0.05, 0) is 18.2 Å². The van der Waals surface area contributed by atoms with E-state index in [0.29, 0.717) is 17.3 Å². The lowest BCUT2D eigenvalue weighted by Crippen LogP contribution is -2.03. The highest BCUT2D eigenvalue weighted by Gasteiger charge is 2.09. The highest BCUT2D eigenvalue weighted by molar-refractivity contribution is 5.60. The molecule has 0 unspecified atom stereocenters. The molecule has 2 aromatic rings. The zero-order valence-corrected chi connectivity index (χ0v) is 9.11. The third-order valence-corrected chi connectivity index (χ3v) is 2.21. The topological polar surface area (TPSA) is 74.7 Å². The molecule has 0 saturated heterocycles. The van der Waals surface area contributed by atoms with Gasteiger partial charge in [-0.3, -0.25) is 0 Å². The highest BCUT2D eigenvalue weighted by Crippen LogP contribution is 2.21. The van der Waals surface area contributed by atoms with Crippen molar-refractivity contribution in [1.29, 1.82) is 5.26 Å². The molecule has 0 radical (unpaired) electrons. The lowest BCUT2D eigenvalue weighted by molar-refractivity contribution is 0.581. The van der Waals surface area contributed by atoms with E-state index in [2.05, 4.69) is 10.3 Å². The molecular weight excluding hydrogens is 238 g/mol. The molecule has 2 rings (SSSR count). The van der Waals surface area contributed by atoms with E-state index < -0.39 is 17.5 Å². The van der Waals surface area contributed by atoms with Crippen LogP contribution >= 0.6 is 0 Å². The SMILES string of the molecule is N#Cc1cccc(Nc2nc(N)c(F)cc2F)c1. The van der Waals surface area contributed by atoms with Crippen LogP contribution in [0.15, 0.2) is 30.3 Å². The summed E-state index contributed by atoms with van der Waals surface area (Å²) in [6, 6.07) is 8.98. The summed E-state index contributed by atoms with van der Waals surface area (Å²) in [4.78, 5) is 3.56. The zero-order valence-electron chi connectivity index (χ0n) is 9.11. The Morgan fingerprint density at radius 1 is 1.22 bits per heavy atom. The van der Waals surface area contributed by atoms with E-state index in [1.807, 2.05) is 6.07 Å². The molecule has 0 saturated carbocycles. The first-order chi connectivity index (χ1) is 8.60. The molecule has 3 N–H and O–H groups in total. The van der Waals surface area contributed by atoms with Gasteiger partial charge in [0, 0.05) is 11.8 Å². The highest BCUT2D eigenvalue weighted by atomic mass is 19.1. The largest absolute Gasteiger partial charge is 0.381 e. The van der Waals surface area contributed by atoms with Crippen molar-refractivity contribution in [3.63, 3.8) is 0 Å². The number of nitrogen functional groups attached to an aromatic ring is 1. The van der Waals surface area contributed by atoms with Gasteiger partial charge in [0.2, 0.25) is 0 Å². The van der Waals surface area contributed by atoms with Crippen molar-refractivity contribution < 1.29 is 8.78 Å². The van der Waals surface area contributed by atoms with Gasteiger partial charge in [-0.2, -0.15) is 5.26 Å². The van der Waals surface area contributed by atoms with Crippen LogP contribution in [-0.4, -0.2) is 4.98 Å². The average Bonchev–Trinajstić information content (AvgIpc) is 2.36. The normalized spacial score (nSPS) is 9.83. The minimum atomic E-state index is -0.913. The summed E-state index contributed by atoms with van der Waals surface area (Å²) in [5.41, 5.74) is 6.13. The molecule has 1 heterocycles. The lowest BCUT2D eigenvalue weighted by Gasteiger charge is -2.08. The summed E-state index contributed by atoms with van der Waals surface area (Å²) in [6.45, 7) is 0. The van der Waals surface area contributed by atoms with Crippen molar-refractivity contribution in [2.45, 2.75) is 0 Å². The van der Waals surface area contributed by atoms with Crippen LogP contribution in [0.3, 0.4) is 0 Å². The Morgan fingerprint density at radius 2 is 2.00 bits per heavy atom. The van der Waals surface area contributed by atoms with Gasteiger partial charge in [0.1, 0.15) is 0 Å². The van der Waals surface area contributed by atoms with Gasteiger partial charge in [-0.15, -0.1) is 0 Å². The first kappa shape index (κ1) is 11.8. The molecular formula is C12H8F2N4. The Morgan fingerprint density at radius 3 is 2.72 bits per heavy atom. The Bertz CT molecular complexity index is 634. The van der Waals surface area contributed by atoms with Crippen LogP contribution in [0.1, 0.15) is 5.56 Å². The monoisotopic (exact) mass is 246 g/mol. The fraction of sp³-hybridized carbons (Fsp3) is 0. The van der Waals surface area contributed by atoms with Crippen LogP contribution in [0.4, 0.5) is 26.1 Å². The van der Waals surface area contributed by atoms with Crippen molar-refractivity contribution in [2.75, 3.05) is 11.1 Å². The number of nitriles is 1. The van der Waals surface area contributed by atoms with Gasteiger partial charge in [0.15, 0.2) is 23.3 Å². The van der Waals surface area contributed by atoms with E-state index in [-0.39, 0.29) is 5.82 Å². The minimum Gasteiger partial charge on any atom is -0.381 e. The van der Waals surface area contributed by atoms with Crippen LogP contribution in [0.25, 0.3) is 0 Å². The molecule has 0 atom stereocenters. The van der Waals surface area contributed by atoms with E-state index >= 15 is 0 Å². The molecule has 0 spiro atoms. The summed E-state index contributed by atoms with van der Waals surface area (Å²) in [5, 5.41) is 11.4. The van der Waals surface area contributed by atoms with E-state index in [1.165, 1.54) is 6.07 Å². The lowest BCUT2D eigenvalue weighted by atomic mass is 10.2. The number of nitrogens with two attached hydrogens (primary N) is 1. The zero-order chi connectivity index (χ0) is 13.1. The Balaban J connectivity index is 2.34. The van der Waals surface area contributed by atoms with Crippen molar-refractivity contribution in [3.8, 4) is 6.07 Å². The smallest absolute Gasteiger partial charge is 0.169 e. The second-order valence-corrected chi connectivity index (χ2v) is 3.50. The molecule has 0 aliphatic rings. The van der Waals surface area contributed by atoms with Gasteiger partial charge in [-0.1, -0.05) is 6.07 Å².